The molecule has 2 aromatic rings. The third kappa shape index (κ3) is 3.71. The molecule has 1 atom stereocenters. The summed E-state index contributed by atoms with van der Waals surface area (Å²) in [4.78, 5) is 39.3. The maximum absolute atomic E-state index is 13.4. The molecule has 7 heteroatoms. The predicted octanol–water partition coefficient (Wildman–Crippen LogP) is 4.77. The lowest BCUT2D eigenvalue weighted by Gasteiger charge is -2.42. The largest absolute Gasteiger partial charge is 0.508 e. The van der Waals surface area contributed by atoms with Crippen molar-refractivity contribution in [2.45, 2.75) is 46.0 Å². The van der Waals surface area contributed by atoms with Gasteiger partial charge in [-0.25, -0.2) is 0 Å². The molecular weight excluding hydrogens is 396 g/mol. The number of allylic oxidation sites excluding steroid dienone is 2. The second kappa shape index (κ2) is 7.34. The molecule has 0 spiro atoms. The van der Waals surface area contributed by atoms with Crippen molar-refractivity contribution in [1.82, 2.24) is 0 Å². The molecule has 0 saturated heterocycles. The van der Waals surface area contributed by atoms with E-state index >= 15 is 0 Å². The zero-order valence-corrected chi connectivity index (χ0v) is 17.7. The van der Waals surface area contributed by atoms with Gasteiger partial charge < -0.3 is 5.11 Å². The number of rotatable bonds is 3. The van der Waals surface area contributed by atoms with Crippen LogP contribution in [0.2, 0.25) is 0 Å². The van der Waals surface area contributed by atoms with Gasteiger partial charge >= 0.3 is 0 Å². The topological polar surface area (TPSA) is 101 Å². The maximum Gasteiger partial charge on any atom is 0.293 e. The lowest BCUT2D eigenvalue weighted by molar-refractivity contribution is -0.384. The van der Waals surface area contributed by atoms with Gasteiger partial charge in [-0.3, -0.25) is 24.6 Å². The highest BCUT2D eigenvalue weighted by atomic mass is 16.6. The number of phenolic OH excluding ortho intramolecular Hbond substituents is 1. The molecular formula is C24H24N2O5. The molecule has 2 aliphatic rings. The highest BCUT2D eigenvalue weighted by Gasteiger charge is 2.45. The molecule has 1 aliphatic heterocycles. The second-order valence-corrected chi connectivity index (χ2v) is 9.13. The Labute approximate surface area is 180 Å². The van der Waals surface area contributed by atoms with E-state index in [1.54, 1.807) is 31.2 Å². The third-order valence-electron chi connectivity index (χ3n) is 6.01. The number of phenols is 1. The molecule has 1 N–H and O–H groups in total. The van der Waals surface area contributed by atoms with Crippen molar-refractivity contribution in [3.63, 3.8) is 0 Å². The monoisotopic (exact) mass is 420 g/mol. The van der Waals surface area contributed by atoms with Crippen LogP contribution in [0.5, 0.6) is 5.75 Å². The van der Waals surface area contributed by atoms with Crippen LogP contribution in [0.25, 0.3) is 0 Å². The first-order chi connectivity index (χ1) is 14.6. The quantitative estimate of drug-likeness (QED) is 0.569. The fourth-order valence-electron chi connectivity index (χ4n) is 4.65. The number of hydrogen-bond acceptors (Lipinski definition) is 5. The van der Waals surface area contributed by atoms with Crippen molar-refractivity contribution < 1.29 is 19.6 Å². The summed E-state index contributed by atoms with van der Waals surface area (Å²) in [7, 11) is 0. The van der Waals surface area contributed by atoms with Crippen LogP contribution in [-0.4, -0.2) is 21.7 Å². The minimum Gasteiger partial charge on any atom is -0.508 e. The average molecular weight is 420 g/mol. The van der Waals surface area contributed by atoms with E-state index in [2.05, 4.69) is 0 Å². The average Bonchev–Trinajstić information content (AvgIpc) is 2.67. The van der Waals surface area contributed by atoms with Gasteiger partial charge in [0.1, 0.15) is 11.4 Å². The molecule has 1 unspecified atom stereocenters. The summed E-state index contributed by atoms with van der Waals surface area (Å²) >= 11 is 0. The van der Waals surface area contributed by atoms with Gasteiger partial charge in [-0.2, -0.15) is 0 Å². The number of carbonyl (C=O) groups is 2. The molecule has 0 radical (unpaired) electrons. The number of nitro benzene ring substituents is 1. The Kier molecular flexibility index (Phi) is 4.92. The van der Waals surface area contributed by atoms with Crippen LogP contribution in [0.4, 0.5) is 11.4 Å². The van der Waals surface area contributed by atoms with Crippen molar-refractivity contribution in [1.29, 1.82) is 0 Å². The number of nitrogens with zero attached hydrogens (tertiary/aromatic N) is 2. The zero-order valence-electron chi connectivity index (χ0n) is 17.7. The molecule has 0 bridgehead atoms. The first kappa shape index (κ1) is 20.8. The summed E-state index contributed by atoms with van der Waals surface area (Å²) in [5.74, 6) is -0.661. The number of nitro groups is 1. The van der Waals surface area contributed by atoms with E-state index in [1.807, 2.05) is 13.8 Å². The van der Waals surface area contributed by atoms with Crippen molar-refractivity contribution in [3.05, 3.63) is 75.0 Å². The fourth-order valence-corrected chi connectivity index (χ4v) is 4.65. The Bertz CT molecular complexity index is 1130. The standard InChI is InChI=1S/C24H24N2O5/c1-14-4-9-18(19(10-14)26(30)31)25-20-12-24(2,3)13-21(28)23(20)17(11-22(25)29)15-5-7-16(27)8-6-15/h4-10,17,27H,11-13H2,1-3H3. The van der Waals surface area contributed by atoms with Gasteiger partial charge in [-0.05, 0) is 48.1 Å². The summed E-state index contributed by atoms with van der Waals surface area (Å²) in [5.41, 5.74) is 2.25. The lowest BCUT2D eigenvalue weighted by Crippen LogP contribution is -2.44. The Morgan fingerprint density at radius 2 is 1.77 bits per heavy atom. The number of ketones is 1. The molecule has 7 nitrogen and oxygen atoms in total. The predicted molar refractivity (Wildman–Crippen MR) is 116 cm³/mol. The molecule has 1 heterocycles. The smallest absolute Gasteiger partial charge is 0.293 e. The van der Waals surface area contributed by atoms with E-state index in [9.17, 15) is 24.8 Å². The van der Waals surface area contributed by atoms with Gasteiger partial charge in [-0.1, -0.05) is 32.0 Å². The van der Waals surface area contributed by atoms with Gasteiger partial charge in [0.2, 0.25) is 5.91 Å². The van der Waals surface area contributed by atoms with Gasteiger partial charge in [-0.15, -0.1) is 0 Å². The van der Waals surface area contributed by atoms with Crippen LogP contribution in [0.1, 0.15) is 50.2 Å². The molecule has 2 aromatic carbocycles. The summed E-state index contributed by atoms with van der Waals surface area (Å²) in [6.07, 6.45) is 0.832. The van der Waals surface area contributed by atoms with E-state index < -0.39 is 10.8 Å². The van der Waals surface area contributed by atoms with Crippen LogP contribution in [0.3, 0.4) is 0 Å². The number of anilines is 1. The SMILES string of the molecule is Cc1ccc(N2C(=O)CC(c3ccc(O)cc3)C3=C2CC(C)(C)CC3=O)c([N+](=O)[O-])c1. The highest BCUT2D eigenvalue weighted by Crippen LogP contribution is 2.49. The fraction of sp³-hybridized carbons (Fsp3) is 0.333. The summed E-state index contributed by atoms with van der Waals surface area (Å²) in [6.45, 7) is 5.68. The highest BCUT2D eigenvalue weighted by molar-refractivity contribution is 6.08. The minimum atomic E-state index is -0.488. The van der Waals surface area contributed by atoms with Crippen LogP contribution < -0.4 is 4.90 Å². The number of carbonyl (C=O) groups excluding carboxylic acids is 2. The van der Waals surface area contributed by atoms with E-state index in [4.69, 9.17) is 0 Å². The van der Waals surface area contributed by atoms with Crippen molar-refractivity contribution in [3.8, 4) is 5.75 Å². The van der Waals surface area contributed by atoms with Gasteiger partial charge in [0.05, 0.1) is 4.92 Å². The Morgan fingerprint density at radius 1 is 1.10 bits per heavy atom. The third-order valence-corrected chi connectivity index (χ3v) is 6.01. The van der Waals surface area contributed by atoms with Crippen LogP contribution in [-0.2, 0) is 9.59 Å². The molecule has 0 aromatic heterocycles. The minimum absolute atomic E-state index is 0.0286. The zero-order chi connectivity index (χ0) is 22.5. The normalized spacial score (nSPS) is 20.6. The first-order valence-electron chi connectivity index (χ1n) is 10.2. The van der Waals surface area contributed by atoms with Crippen LogP contribution in [0.15, 0.2) is 53.7 Å². The number of amides is 1. The number of aromatic hydroxyl groups is 1. The summed E-state index contributed by atoms with van der Waals surface area (Å²) in [5, 5.41) is 21.4. The molecule has 160 valence electrons. The number of aryl methyl sites for hydroxylation is 1. The van der Waals surface area contributed by atoms with Crippen LogP contribution >= 0.6 is 0 Å². The van der Waals surface area contributed by atoms with E-state index in [0.29, 0.717) is 24.1 Å². The summed E-state index contributed by atoms with van der Waals surface area (Å²) < 4.78 is 0. The van der Waals surface area contributed by atoms with Crippen LogP contribution in [0, 0.1) is 22.5 Å². The molecule has 1 aliphatic carbocycles. The Balaban J connectivity index is 1.94. The van der Waals surface area contributed by atoms with Crippen molar-refractivity contribution in [2.75, 3.05) is 4.90 Å². The lowest BCUT2D eigenvalue weighted by atomic mass is 9.69. The molecule has 4 rings (SSSR count). The van der Waals surface area contributed by atoms with Gasteiger partial charge in [0, 0.05) is 36.1 Å². The van der Waals surface area contributed by atoms with Gasteiger partial charge in [0.25, 0.3) is 5.69 Å². The maximum atomic E-state index is 13.4. The summed E-state index contributed by atoms with van der Waals surface area (Å²) in [6, 6.07) is 11.3. The van der Waals surface area contributed by atoms with E-state index in [-0.39, 0.29) is 40.7 Å². The first-order valence-corrected chi connectivity index (χ1v) is 10.2. The van der Waals surface area contributed by atoms with Crippen molar-refractivity contribution in [2.24, 2.45) is 5.41 Å². The molecule has 1 amide bonds. The number of Topliss-reactive ketones (excluding diaryl/α,β-unsaturated/α-hetero) is 1. The second-order valence-electron chi connectivity index (χ2n) is 9.13. The van der Waals surface area contributed by atoms with Crippen molar-refractivity contribution >= 4 is 23.1 Å². The molecule has 0 fully saturated rings. The molecule has 0 saturated carbocycles. The van der Waals surface area contributed by atoms with E-state index in [1.165, 1.54) is 23.1 Å². The molecule has 31 heavy (non-hydrogen) atoms. The van der Waals surface area contributed by atoms with Gasteiger partial charge in [0.15, 0.2) is 5.78 Å². The Hall–Kier alpha value is -3.48. The van der Waals surface area contributed by atoms with E-state index in [0.717, 1.165) is 11.1 Å². The number of hydrogen-bond donors (Lipinski definition) is 1. The Morgan fingerprint density at radius 3 is 2.42 bits per heavy atom. The number of benzene rings is 2.